The van der Waals surface area contributed by atoms with Gasteiger partial charge in [0.2, 0.25) is 0 Å². The number of likely N-dealkylation sites (N-methyl/N-ethyl adjacent to an activating group) is 1. The van der Waals surface area contributed by atoms with Crippen molar-refractivity contribution < 1.29 is 4.74 Å². The van der Waals surface area contributed by atoms with Gasteiger partial charge in [-0.2, -0.15) is 0 Å². The van der Waals surface area contributed by atoms with Gasteiger partial charge in [-0.15, -0.1) is 0 Å². The summed E-state index contributed by atoms with van der Waals surface area (Å²) in [4.78, 5) is 0. The SMILES string of the molecule is CCc1ccc(C(COc2ccc(C)cc2C)NC)cc1. The molecule has 2 heteroatoms. The predicted octanol–water partition coefficient (Wildman–Crippen LogP) is 4.21. The topological polar surface area (TPSA) is 21.3 Å². The Morgan fingerprint density at radius 1 is 1.05 bits per heavy atom. The summed E-state index contributed by atoms with van der Waals surface area (Å²) in [6.45, 7) is 6.99. The lowest BCUT2D eigenvalue weighted by Crippen LogP contribution is -2.23. The molecule has 112 valence electrons. The molecule has 0 radical (unpaired) electrons. The van der Waals surface area contributed by atoms with Crippen molar-refractivity contribution in [3.8, 4) is 5.75 Å². The van der Waals surface area contributed by atoms with Crippen LogP contribution in [0.5, 0.6) is 5.75 Å². The van der Waals surface area contributed by atoms with Gasteiger partial charge < -0.3 is 10.1 Å². The molecule has 2 aromatic carbocycles. The lowest BCUT2D eigenvalue weighted by atomic mass is 10.0. The second kappa shape index (κ2) is 7.28. The Hall–Kier alpha value is -1.80. The minimum atomic E-state index is 0.205. The molecule has 0 bridgehead atoms. The predicted molar refractivity (Wildman–Crippen MR) is 89.0 cm³/mol. The van der Waals surface area contributed by atoms with E-state index in [4.69, 9.17) is 4.74 Å². The molecule has 0 heterocycles. The van der Waals surface area contributed by atoms with E-state index in [1.807, 2.05) is 7.05 Å². The summed E-state index contributed by atoms with van der Waals surface area (Å²) in [6.07, 6.45) is 1.07. The zero-order valence-corrected chi connectivity index (χ0v) is 13.4. The van der Waals surface area contributed by atoms with Crippen LogP contribution in [0.1, 0.15) is 35.2 Å². The Bertz CT molecular complexity index is 575. The fraction of sp³-hybridized carbons (Fsp3) is 0.368. The third-order valence-electron chi connectivity index (χ3n) is 3.87. The first kappa shape index (κ1) is 15.6. The van der Waals surface area contributed by atoms with E-state index in [-0.39, 0.29) is 6.04 Å². The second-order valence-electron chi connectivity index (χ2n) is 5.52. The maximum Gasteiger partial charge on any atom is 0.122 e. The van der Waals surface area contributed by atoms with E-state index in [1.165, 1.54) is 22.3 Å². The number of rotatable bonds is 6. The van der Waals surface area contributed by atoms with Crippen LogP contribution in [-0.4, -0.2) is 13.7 Å². The van der Waals surface area contributed by atoms with Crippen LogP contribution < -0.4 is 10.1 Å². The van der Waals surface area contributed by atoms with Gasteiger partial charge in [-0.3, -0.25) is 0 Å². The molecule has 1 N–H and O–H groups in total. The van der Waals surface area contributed by atoms with Crippen LogP contribution in [0.15, 0.2) is 42.5 Å². The van der Waals surface area contributed by atoms with E-state index in [2.05, 4.69) is 68.6 Å². The smallest absolute Gasteiger partial charge is 0.122 e. The van der Waals surface area contributed by atoms with Crippen LogP contribution in [0.25, 0.3) is 0 Å². The first-order chi connectivity index (χ1) is 10.1. The van der Waals surface area contributed by atoms with Crippen molar-refractivity contribution in [2.75, 3.05) is 13.7 Å². The Labute approximate surface area is 128 Å². The van der Waals surface area contributed by atoms with Crippen LogP contribution in [-0.2, 0) is 6.42 Å². The van der Waals surface area contributed by atoms with Crippen LogP contribution in [0.3, 0.4) is 0 Å². The average molecular weight is 283 g/mol. The lowest BCUT2D eigenvalue weighted by molar-refractivity contribution is 0.271. The standard InChI is InChI=1S/C19H25NO/c1-5-16-7-9-17(10-8-16)18(20-4)13-21-19-11-6-14(2)12-15(19)3/h6-12,18,20H,5,13H2,1-4H3. The summed E-state index contributed by atoms with van der Waals surface area (Å²) in [6, 6.07) is 15.3. The number of aryl methyl sites for hydroxylation is 3. The molecule has 0 aliphatic carbocycles. The van der Waals surface area contributed by atoms with Gasteiger partial charge in [0, 0.05) is 0 Å². The van der Waals surface area contributed by atoms with Gasteiger partial charge in [0.05, 0.1) is 6.04 Å². The highest BCUT2D eigenvalue weighted by molar-refractivity contribution is 5.35. The molecule has 0 saturated carbocycles. The number of ether oxygens (including phenoxy) is 1. The largest absolute Gasteiger partial charge is 0.491 e. The first-order valence-electron chi connectivity index (χ1n) is 7.60. The quantitative estimate of drug-likeness (QED) is 0.857. The summed E-state index contributed by atoms with van der Waals surface area (Å²) in [5, 5.41) is 3.33. The van der Waals surface area contributed by atoms with E-state index in [0.29, 0.717) is 6.61 Å². The van der Waals surface area contributed by atoms with E-state index in [9.17, 15) is 0 Å². The highest BCUT2D eigenvalue weighted by atomic mass is 16.5. The Balaban J connectivity index is 2.04. The molecule has 0 aliphatic heterocycles. The molecule has 2 aromatic rings. The highest BCUT2D eigenvalue weighted by Gasteiger charge is 2.11. The lowest BCUT2D eigenvalue weighted by Gasteiger charge is -2.19. The van der Waals surface area contributed by atoms with E-state index < -0.39 is 0 Å². The van der Waals surface area contributed by atoms with Crippen molar-refractivity contribution in [1.29, 1.82) is 0 Å². The van der Waals surface area contributed by atoms with Gasteiger partial charge in [0.25, 0.3) is 0 Å². The number of nitrogens with one attached hydrogen (secondary N) is 1. The monoisotopic (exact) mass is 283 g/mol. The summed E-state index contributed by atoms with van der Waals surface area (Å²) < 4.78 is 5.99. The number of hydrogen-bond acceptors (Lipinski definition) is 2. The minimum absolute atomic E-state index is 0.205. The molecular formula is C19H25NO. The summed E-state index contributed by atoms with van der Waals surface area (Å²) in [5.74, 6) is 0.964. The van der Waals surface area contributed by atoms with Gasteiger partial charge in [-0.1, -0.05) is 48.9 Å². The molecule has 0 saturated heterocycles. The van der Waals surface area contributed by atoms with Gasteiger partial charge in [-0.25, -0.2) is 0 Å². The molecule has 0 fully saturated rings. The van der Waals surface area contributed by atoms with Gasteiger partial charge in [0.1, 0.15) is 12.4 Å². The van der Waals surface area contributed by atoms with Gasteiger partial charge in [-0.05, 0) is 50.1 Å². The van der Waals surface area contributed by atoms with Crippen molar-refractivity contribution in [1.82, 2.24) is 5.32 Å². The van der Waals surface area contributed by atoms with Crippen LogP contribution >= 0.6 is 0 Å². The fourth-order valence-electron chi connectivity index (χ4n) is 2.47. The zero-order valence-electron chi connectivity index (χ0n) is 13.4. The van der Waals surface area contributed by atoms with E-state index in [0.717, 1.165) is 12.2 Å². The number of hydrogen-bond donors (Lipinski definition) is 1. The van der Waals surface area contributed by atoms with Crippen molar-refractivity contribution in [2.45, 2.75) is 33.2 Å². The molecule has 0 aromatic heterocycles. The first-order valence-corrected chi connectivity index (χ1v) is 7.60. The fourth-order valence-corrected chi connectivity index (χ4v) is 2.47. The minimum Gasteiger partial charge on any atom is -0.491 e. The third kappa shape index (κ3) is 4.08. The molecule has 2 rings (SSSR count). The van der Waals surface area contributed by atoms with Crippen LogP contribution in [0, 0.1) is 13.8 Å². The maximum absolute atomic E-state index is 5.99. The van der Waals surface area contributed by atoms with Crippen LogP contribution in [0.4, 0.5) is 0 Å². The molecule has 21 heavy (non-hydrogen) atoms. The summed E-state index contributed by atoms with van der Waals surface area (Å²) in [7, 11) is 1.98. The van der Waals surface area contributed by atoms with Gasteiger partial charge in [0.15, 0.2) is 0 Å². The molecule has 0 amide bonds. The van der Waals surface area contributed by atoms with E-state index >= 15 is 0 Å². The highest BCUT2D eigenvalue weighted by Crippen LogP contribution is 2.21. The Morgan fingerprint density at radius 2 is 1.76 bits per heavy atom. The van der Waals surface area contributed by atoms with Gasteiger partial charge >= 0.3 is 0 Å². The molecule has 0 spiro atoms. The van der Waals surface area contributed by atoms with Crippen molar-refractivity contribution in [2.24, 2.45) is 0 Å². The molecular weight excluding hydrogens is 258 g/mol. The molecule has 0 aliphatic rings. The summed E-state index contributed by atoms with van der Waals surface area (Å²) >= 11 is 0. The maximum atomic E-state index is 5.99. The second-order valence-corrected chi connectivity index (χ2v) is 5.52. The Kier molecular flexibility index (Phi) is 5.40. The van der Waals surface area contributed by atoms with Crippen LogP contribution in [0.2, 0.25) is 0 Å². The number of benzene rings is 2. The van der Waals surface area contributed by atoms with Crippen molar-refractivity contribution >= 4 is 0 Å². The van der Waals surface area contributed by atoms with Crippen molar-refractivity contribution in [3.63, 3.8) is 0 Å². The van der Waals surface area contributed by atoms with Crippen molar-refractivity contribution in [3.05, 3.63) is 64.7 Å². The average Bonchev–Trinajstić information content (AvgIpc) is 2.50. The normalized spacial score (nSPS) is 12.2. The molecule has 1 unspecified atom stereocenters. The Morgan fingerprint density at radius 3 is 2.33 bits per heavy atom. The zero-order chi connectivity index (χ0) is 15.2. The molecule has 2 nitrogen and oxygen atoms in total. The third-order valence-corrected chi connectivity index (χ3v) is 3.87. The van der Waals surface area contributed by atoms with E-state index in [1.54, 1.807) is 0 Å². The molecule has 1 atom stereocenters. The summed E-state index contributed by atoms with van der Waals surface area (Å²) in [5.41, 5.74) is 5.08.